The summed E-state index contributed by atoms with van der Waals surface area (Å²) in [4.78, 5) is 28.4. The molecule has 1 aromatic heterocycles. The van der Waals surface area contributed by atoms with Gasteiger partial charge in [-0.15, -0.1) is 0 Å². The van der Waals surface area contributed by atoms with Crippen LogP contribution >= 0.6 is 0 Å². The average Bonchev–Trinajstić information content (AvgIpc) is 3.33. The highest BCUT2D eigenvalue weighted by molar-refractivity contribution is 5.93. The number of anilines is 1. The zero-order chi connectivity index (χ0) is 23.0. The third-order valence-corrected chi connectivity index (χ3v) is 4.96. The lowest BCUT2D eigenvalue weighted by molar-refractivity contribution is -0.116. The van der Waals surface area contributed by atoms with Crippen LogP contribution in [-0.2, 0) is 16.0 Å². The lowest BCUT2D eigenvalue weighted by Gasteiger charge is -2.06. The molecule has 3 aromatic carbocycles. The van der Waals surface area contributed by atoms with E-state index in [0.29, 0.717) is 36.0 Å². The summed E-state index contributed by atoms with van der Waals surface area (Å²) in [5, 5.41) is 6.82. The number of aryl methyl sites for hydroxylation is 1. The van der Waals surface area contributed by atoms with E-state index in [1.807, 2.05) is 42.5 Å². The molecule has 7 heteroatoms. The number of ether oxygens (including phenoxy) is 1. The molecule has 33 heavy (non-hydrogen) atoms. The molecule has 0 aliphatic rings. The Labute approximate surface area is 191 Å². The fourth-order valence-corrected chi connectivity index (χ4v) is 3.26. The number of carbonyl (C=O) groups excluding carboxylic acids is 2. The third-order valence-electron chi connectivity index (χ3n) is 4.96. The van der Waals surface area contributed by atoms with Crippen LogP contribution in [0.4, 0.5) is 5.69 Å². The van der Waals surface area contributed by atoms with Gasteiger partial charge >= 0.3 is 5.97 Å². The molecule has 4 rings (SSSR count). The lowest BCUT2D eigenvalue weighted by Crippen LogP contribution is -2.12. The van der Waals surface area contributed by atoms with Crippen molar-refractivity contribution in [1.29, 1.82) is 0 Å². The monoisotopic (exact) mass is 441 g/mol. The Hall–Kier alpha value is -4.26. The number of hydrogen-bond donors (Lipinski definition) is 1. The van der Waals surface area contributed by atoms with Crippen LogP contribution in [0.1, 0.15) is 29.6 Å². The van der Waals surface area contributed by atoms with Crippen molar-refractivity contribution in [2.75, 3.05) is 11.9 Å². The Morgan fingerprint density at radius 3 is 2.24 bits per heavy atom. The van der Waals surface area contributed by atoms with Gasteiger partial charge in [0.05, 0.1) is 12.2 Å². The molecule has 0 bridgehead atoms. The number of carbonyl (C=O) groups is 2. The van der Waals surface area contributed by atoms with Gasteiger partial charge in [0.2, 0.25) is 17.6 Å². The largest absolute Gasteiger partial charge is 0.462 e. The normalized spacial score (nSPS) is 10.6. The Kier molecular flexibility index (Phi) is 6.90. The summed E-state index contributed by atoms with van der Waals surface area (Å²) in [6.45, 7) is 2.06. The molecule has 7 nitrogen and oxygen atoms in total. The minimum atomic E-state index is -0.391. The van der Waals surface area contributed by atoms with Crippen molar-refractivity contribution in [3.8, 4) is 22.5 Å². The maximum Gasteiger partial charge on any atom is 0.338 e. The molecule has 0 fully saturated rings. The average molecular weight is 441 g/mol. The minimum absolute atomic E-state index is 0.189. The van der Waals surface area contributed by atoms with Gasteiger partial charge in [0, 0.05) is 24.1 Å². The second kappa shape index (κ2) is 10.4. The van der Waals surface area contributed by atoms with E-state index in [1.165, 1.54) is 0 Å². The summed E-state index contributed by atoms with van der Waals surface area (Å²) in [5.41, 5.74) is 4.12. The molecule has 1 amide bonds. The van der Waals surface area contributed by atoms with E-state index in [0.717, 1.165) is 16.7 Å². The van der Waals surface area contributed by atoms with Gasteiger partial charge in [-0.1, -0.05) is 59.8 Å². The molecule has 1 heterocycles. The van der Waals surface area contributed by atoms with Crippen LogP contribution < -0.4 is 5.32 Å². The first-order valence-corrected chi connectivity index (χ1v) is 10.7. The zero-order valence-corrected chi connectivity index (χ0v) is 18.2. The highest BCUT2D eigenvalue weighted by Crippen LogP contribution is 2.23. The third kappa shape index (κ3) is 5.71. The topological polar surface area (TPSA) is 94.3 Å². The van der Waals surface area contributed by atoms with Crippen molar-refractivity contribution < 1.29 is 18.8 Å². The number of rotatable bonds is 8. The molecule has 0 spiro atoms. The summed E-state index contributed by atoms with van der Waals surface area (Å²) in [6, 6.07) is 24.6. The van der Waals surface area contributed by atoms with Gasteiger partial charge in [-0.2, -0.15) is 4.98 Å². The highest BCUT2D eigenvalue weighted by atomic mass is 16.5. The van der Waals surface area contributed by atoms with Crippen LogP contribution in [-0.4, -0.2) is 28.6 Å². The SMILES string of the molecule is CCOC(=O)c1ccc(NC(=O)CCc2nc(-c3ccc(-c4ccccc4)cc3)no2)cc1. The first-order valence-electron chi connectivity index (χ1n) is 10.7. The van der Waals surface area contributed by atoms with Gasteiger partial charge in [-0.3, -0.25) is 4.79 Å². The quantitative estimate of drug-likeness (QED) is 0.380. The van der Waals surface area contributed by atoms with Gasteiger partial charge in [0.15, 0.2) is 0 Å². The predicted molar refractivity (Wildman–Crippen MR) is 125 cm³/mol. The van der Waals surface area contributed by atoms with Gasteiger partial charge in [-0.05, 0) is 42.3 Å². The number of aromatic nitrogens is 2. The highest BCUT2D eigenvalue weighted by Gasteiger charge is 2.12. The van der Waals surface area contributed by atoms with E-state index in [9.17, 15) is 9.59 Å². The summed E-state index contributed by atoms with van der Waals surface area (Å²) in [7, 11) is 0. The van der Waals surface area contributed by atoms with Crippen LogP contribution in [0.25, 0.3) is 22.5 Å². The molecular weight excluding hydrogens is 418 g/mol. The second-order valence-electron chi connectivity index (χ2n) is 7.30. The van der Waals surface area contributed by atoms with E-state index in [2.05, 4.69) is 27.6 Å². The molecule has 0 aliphatic heterocycles. The molecular formula is C26H23N3O4. The maximum atomic E-state index is 12.3. The standard InChI is InChI=1S/C26H23N3O4/c1-2-32-26(31)21-12-14-22(15-13-21)27-23(30)16-17-24-28-25(29-33-24)20-10-8-19(9-11-20)18-6-4-3-5-7-18/h3-15H,2,16-17H2,1H3,(H,27,30). The van der Waals surface area contributed by atoms with E-state index >= 15 is 0 Å². The molecule has 0 atom stereocenters. The minimum Gasteiger partial charge on any atom is -0.462 e. The Morgan fingerprint density at radius 2 is 1.55 bits per heavy atom. The van der Waals surface area contributed by atoms with Crippen molar-refractivity contribution in [2.45, 2.75) is 19.8 Å². The van der Waals surface area contributed by atoms with Crippen molar-refractivity contribution in [3.05, 3.63) is 90.3 Å². The molecule has 4 aromatic rings. The van der Waals surface area contributed by atoms with E-state index in [1.54, 1.807) is 31.2 Å². The predicted octanol–water partition coefficient (Wildman–Crippen LogP) is 5.15. The molecule has 0 saturated carbocycles. The zero-order valence-electron chi connectivity index (χ0n) is 18.2. The molecule has 0 aliphatic carbocycles. The lowest BCUT2D eigenvalue weighted by atomic mass is 10.0. The molecule has 0 unspecified atom stereocenters. The van der Waals surface area contributed by atoms with Gasteiger partial charge in [-0.25, -0.2) is 4.79 Å². The first kappa shape index (κ1) is 22.0. The Morgan fingerprint density at radius 1 is 0.879 bits per heavy atom. The van der Waals surface area contributed by atoms with Crippen molar-refractivity contribution in [3.63, 3.8) is 0 Å². The molecule has 1 N–H and O–H groups in total. The number of amides is 1. The molecule has 0 saturated heterocycles. The van der Waals surface area contributed by atoms with Gasteiger partial charge in [0.25, 0.3) is 0 Å². The van der Waals surface area contributed by atoms with Crippen LogP contribution in [0.15, 0.2) is 83.4 Å². The number of nitrogens with one attached hydrogen (secondary N) is 1. The summed E-state index contributed by atoms with van der Waals surface area (Å²) in [5.74, 6) is 0.299. The second-order valence-corrected chi connectivity index (χ2v) is 7.30. The van der Waals surface area contributed by atoms with E-state index in [4.69, 9.17) is 9.26 Å². The summed E-state index contributed by atoms with van der Waals surface area (Å²) in [6.07, 6.45) is 0.510. The number of benzene rings is 3. The fraction of sp³-hybridized carbons (Fsp3) is 0.154. The Bertz CT molecular complexity index is 1220. The van der Waals surface area contributed by atoms with Crippen molar-refractivity contribution in [2.24, 2.45) is 0 Å². The van der Waals surface area contributed by atoms with E-state index in [-0.39, 0.29) is 12.3 Å². The van der Waals surface area contributed by atoms with Crippen molar-refractivity contribution >= 4 is 17.6 Å². The smallest absolute Gasteiger partial charge is 0.338 e. The fourth-order valence-electron chi connectivity index (χ4n) is 3.26. The van der Waals surface area contributed by atoms with Crippen LogP contribution in [0.3, 0.4) is 0 Å². The maximum absolute atomic E-state index is 12.3. The summed E-state index contributed by atoms with van der Waals surface area (Å²) < 4.78 is 10.3. The number of nitrogens with zero attached hydrogens (tertiary/aromatic N) is 2. The van der Waals surface area contributed by atoms with Gasteiger partial charge < -0.3 is 14.6 Å². The van der Waals surface area contributed by atoms with Crippen molar-refractivity contribution in [1.82, 2.24) is 10.1 Å². The summed E-state index contributed by atoms with van der Waals surface area (Å²) >= 11 is 0. The van der Waals surface area contributed by atoms with Crippen LogP contribution in [0.2, 0.25) is 0 Å². The first-order chi connectivity index (χ1) is 16.1. The van der Waals surface area contributed by atoms with Gasteiger partial charge in [0.1, 0.15) is 0 Å². The molecule has 0 radical (unpaired) electrons. The number of esters is 1. The molecule has 166 valence electrons. The van der Waals surface area contributed by atoms with Crippen LogP contribution in [0.5, 0.6) is 0 Å². The Balaban J connectivity index is 1.31. The number of hydrogen-bond acceptors (Lipinski definition) is 6. The van der Waals surface area contributed by atoms with Crippen LogP contribution in [0, 0.1) is 0 Å². The van der Waals surface area contributed by atoms with E-state index < -0.39 is 5.97 Å².